The van der Waals surface area contributed by atoms with Crippen molar-refractivity contribution in [2.45, 2.75) is 76.8 Å². The number of nitrogens with zero attached hydrogens (tertiary/aromatic N) is 5. The molecular weight excluding hydrogens is 397 g/mol. The minimum Gasteiger partial charge on any atom is -0.367 e. The number of rotatable bonds is 4. The molecule has 2 aromatic rings. The number of carbonyl (C=O) groups excluding carboxylic acids is 1. The van der Waals surface area contributed by atoms with Crippen molar-refractivity contribution in [2.24, 2.45) is 0 Å². The lowest BCUT2D eigenvalue weighted by Gasteiger charge is -2.32. The van der Waals surface area contributed by atoms with Gasteiger partial charge in [0.25, 0.3) is 0 Å². The first-order chi connectivity index (χ1) is 14.2. The molecule has 2 aliphatic heterocycles. The van der Waals surface area contributed by atoms with Crippen molar-refractivity contribution < 1.29 is 18.0 Å². The van der Waals surface area contributed by atoms with Gasteiger partial charge in [0.05, 0.1) is 11.7 Å². The Labute approximate surface area is 173 Å². The molecule has 1 amide bonds. The highest BCUT2D eigenvalue weighted by Crippen LogP contribution is 2.42. The molecule has 10 heteroatoms. The number of nitrogens with one attached hydrogen (secondary N) is 1. The predicted molar refractivity (Wildman–Crippen MR) is 105 cm³/mol. The van der Waals surface area contributed by atoms with Crippen molar-refractivity contribution in [3.05, 3.63) is 29.7 Å². The molecule has 2 aliphatic rings. The summed E-state index contributed by atoms with van der Waals surface area (Å²) in [5.74, 6) is 0.280. The number of amides is 1. The Hall–Kier alpha value is -2.52. The Balaban J connectivity index is 1.62. The first kappa shape index (κ1) is 20.7. The van der Waals surface area contributed by atoms with Crippen molar-refractivity contribution in [1.29, 1.82) is 0 Å². The van der Waals surface area contributed by atoms with Crippen LogP contribution in [0.5, 0.6) is 0 Å². The van der Waals surface area contributed by atoms with Gasteiger partial charge < -0.3 is 10.2 Å². The van der Waals surface area contributed by atoms with Gasteiger partial charge in [0.1, 0.15) is 11.9 Å². The van der Waals surface area contributed by atoms with E-state index >= 15 is 0 Å². The summed E-state index contributed by atoms with van der Waals surface area (Å²) < 4.78 is 43.7. The number of hydrogen-bond acceptors (Lipinski definition) is 4. The quantitative estimate of drug-likeness (QED) is 0.805. The van der Waals surface area contributed by atoms with Crippen LogP contribution >= 0.6 is 0 Å². The van der Waals surface area contributed by atoms with Crippen molar-refractivity contribution in [3.63, 3.8) is 0 Å². The van der Waals surface area contributed by atoms with Crippen LogP contribution in [0.4, 0.5) is 19.0 Å². The summed E-state index contributed by atoms with van der Waals surface area (Å²) in [4.78, 5) is 14.9. The third-order valence-electron chi connectivity index (χ3n) is 6.25. The van der Waals surface area contributed by atoms with Crippen LogP contribution < -0.4 is 5.32 Å². The maximum atomic E-state index is 13.7. The number of hydrogen-bond donors (Lipinski definition) is 1. The lowest BCUT2D eigenvalue weighted by atomic mass is 10.0. The Morgan fingerprint density at radius 2 is 2.17 bits per heavy atom. The van der Waals surface area contributed by atoms with E-state index in [1.807, 2.05) is 19.9 Å². The molecule has 0 spiro atoms. The van der Waals surface area contributed by atoms with E-state index in [1.54, 1.807) is 28.8 Å². The second-order valence-electron chi connectivity index (χ2n) is 8.22. The molecule has 1 saturated heterocycles. The highest BCUT2D eigenvalue weighted by molar-refractivity contribution is 5.80. The van der Waals surface area contributed by atoms with Crippen molar-refractivity contribution in [1.82, 2.24) is 24.5 Å². The molecule has 4 rings (SSSR count). The molecule has 1 fully saturated rings. The standard InChI is InChI=1S/C20H27F3N6O/c1-4-14-10-17(20(21,22)23)29-18(25-14)11-15(26-29)16-6-5-9-27(16)19(30)13(3)28-12(2)7-8-24-28/h7-8,11,13-14,16-17,25H,4-6,9-10H2,1-3H3/t13?,14-,16?,17-/m1/s1. The van der Waals surface area contributed by atoms with E-state index in [2.05, 4.69) is 15.5 Å². The maximum absolute atomic E-state index is 13.7. The number of aromatic nitrogens is 4. The molecule has 0 radical (unpaired) electrons. The molecule has 4 heterocycles. The third kappa shape index (κ3) is 3.56. The largest absolute Gasteiger partial charge is 0.410 e. The fourth-order valence-electron chi connectivity index (χ4n) is 4.57. The Bertz CT molecular complexity index is 920. The van der Waals surface area contributed by atoms with Crippen LogP contribution in [0.3, 0.4) is 0 Å². The van der Waals surface area contributed by atoms with E-state index < -0.39 is 18.3 Å². The van der Waals surface area contributed by atoms with Crippen LogP contribution in [0.2, 0.25) is 0 Å². The van der Waals surface area contributed by atoms with Crippen LogP contribution in [-0.4, -0.2) is 49.1 Å². The fraction of sp³-hybridized carbons (Fsp3) is 0.650. The lowest BCUT2D eigenvalue weighted by molar-refractivity contribution is -0.173. The summed E-state index contributed by atoms with van der Waals surface area (Å²) in [6.45, 7) is 6.11. The van der Waals surface area contributed by atoms with Gasteiger partial charge in [-0.1, -0.05) is 6.92 Å². The van der Waals surface area contributed by atoms with Crippen molar-refractivity contribution in [2.75, 3.05) is 11.9 Å². The zero-order valence-corrected chi connectivity index (χ0v) is 17.4. The van der Waals surface area contributed by atoms with Gasteiger partial charge in [-0.05, 0) is 45.6 Å². The van der Waals surface area contributed by atoms with Gasteiger partial charge >= 0.3 is 6.18 Å². The average Bonchev–Trinajstić information content (AvgIpc) is 3.43. The second kappa shape index (κ2) is 7.63. The van der Waals surface area contributed by atoms with E-state index in [9.17, 15) is 18.0 Å². The smallest absolute Gasteiger partial charge is 0.367 e. The summed E-state index contributed by atoms with van der Waals surface area (Å²) in [6, 6.07) is 0.803. The predicted octanol–water partition coefficient (Wildman–Crippen LogP) is 4.01. The summed E-state index contributed by atoms with van der Waals surface area (Å²) in [5, 5.41) is 11.7. The summed E-state index contributed by atoms with van der Waals surface area (Å²) in [6.07, 6.45) is -0.696. The molecule has 1 N–H and O–H groups in total. The number of likely N-dealkylation sites (tertiary alicyclic amines) is 1. The number of carbonyl (C=O) groups is 1. The van der Waals surface area contributed by atoms with Gasteiger partial charge in [-0.3, -0.25) is 9.48 Å². The number of anilines is 1. The minimum atomic E-state index is -4.37. The molecule has 0 aromatic carbocycles. The maximum Gasteiger partial charge on any atom is 0.410 e. The summed E-state index contributed by atoms with van der Waals surface area (Å²) >= 11 is 0. The topological polar surface area (TPSA) is 68.0 Å². The average molecular weight is 424 g/mol. The van der Waals surface area contributed by atoms with Gasteiger partial charge in [0, 0.05) is 30.5 Å². The molecule has 30 heavy (non-hydrogen) atoms. The summed E-state index contributed by atoms with van der Waals surface area (Å²) in [7, 11) is 0. The third-order valence-corrected chi connectivity index (χ3v) is 6.25. The molecule has 0 bridgehead atoms. The molecule has 2 aromatic heterocycles. The molecular formula is C20H27F3N6O. The Morgan fingerprint density at radius 1 is 1.40 bits per heavy atom. The molecule has 2 unspecified atom stereocenters. The lowest BCUT2D eigenvalue weighted by Crippen LogP contribution is -2.39. The van der Waals surface area contributed by atoms with Gasteiger partial charge in [0.15, 0.2) is 6.04 Å². The van der Waals surface area contributed by atoms with E-state index in [0.29, 0.717) is 30.9 Å². The molecule has 0 saturated carbocycles. The minimum absolute atomic E-state index is 0.0446. The SMILES string of the molecule is CC[C@@H]1C[C@H](C(F)(F)F)n2nc(C3CCCN3C(=O)C(C)n3nccc3C)cc2N1. The number of aryl methyl sites for hydroxylation is 1. The van der Waals surface area contributed by atoms with E-state index in [-0.39, 0.29) is 24.4 Å². The van der Waals surface area contributed by atoms with Gasteiger partial charge in [-0.2, -0.15) is 23.4 Å². The van der Waals surface area contributed by atoms with E-state index in [4.69, 9.17) is 0 Å². The van der Waals surface area contributed by atoms with Crippen molar-refractivity contribution >= 4 is 11.7 Å². The number of fused-ring (bicyclic) bond motifs is 1. The molecule has 164 valence electrons. The van der Waals surface area contributed by atoms with Crippen LogP contribution in [0.25, 0.3) is 0 Å². The van der Waals surface area contributed by atoms with Gasteiger partial charge in [0.2, 0.25) is 5.91 Å². The zero-order valence-electron chi connectivity index (χ0n) is 17.4. The molecule has 0 aliphatic carbocycles. The normalized spacial score (nSPS) is 25.1. The number of alkyl halides is 3. The van der Waals surface area contributed by atoms with E-state index in [0.717, 1.165) is 16.8 Å². The number of halogens is 3. The highest BCUT2D eigenvalue weighted by atomic mass is 19.4. The Kier molecular flexibility index (Phi) is 5.27. The van der Waals surface area contributed by atoms with Crippen LogP contribution in [0.1, 0.15) is 69.0 Å². The second-order valence-corrected chi connectivity index (χ2v) is 8.22. The summed E-state index contributed by atoms with van der Waals surface area (Å²) in [5.41, 5.74) is 1.39. The van der Waals surface area contributed by atoms with Crippen LogP contribution in [0.15, 0.2) is 18.3 Å². The van der Waals surface area contributed by atoms with E-state index in [1.165, 1.54) is 0 Å². The van der Waals surface area contributed by atoms with Crippen LogP contribution in [0, 0.1) is 6.92 Å². The van der Waals surface area contributed by atoms with Gasteiger partial charge in [-0.15, -0.1) is 0 Å². The van der Waals surface area contributed by atoms with Crippen LogP contribution in [-0.2, 0) is 4.79 Å². The first-order valence-electron chi connectivity index (χ1n) is 10.4. The van der Waals surface area contributed by atoms with Gasteiger partial charge in [-0.25, -0.2) is 4.68 Å². The first-order valence-corrected chi connectivity index (χ1v) is 10.4. The Morgan fingerprint density at radius 3 is 2.80 bits per heavy atom. The van der Waals surface area contributed by atoms with Crippen molar-refractivity contribution in [3.8, 4) is 0 Å². The monoisotopic (exact) mass is 424 g/mol. The molecule has 7 nitrogen and oxygen atoms in total. The molecule has 4 atom stereocenters. The fourth-order valence-corrected chi connectivity index (χ4v) is 4.57. The highest BCUT2D eigenvalue weighted by Gasteiger charge is 2.46. The zero-order chi connectivity index (χ0) is 21.6.